The quantitative estimate of drug-likeness (QED) is 0.795. The summed E-state index contributed by atoms with van der Waals surface area (Å²) in [5, 5.41) is 0.832. The Labute approximate surface area is 96.0 Å². The van der Waals surface area contributed by atoms with E-state index in [2.05, 4.69) is 24.0 Å². The van der Waals surface area contributed by atoms with Gasteiger partial charge in [0.1, 0.15) is 0 Å². The van der Waals surface area contributed by atoms with E-state index >= 15 is 0 Å². The van der Waals surface area contributed by atoms with Crippen LogP contribution in [0.2, 0.25) is 5.02 Å². The molecule has 1 aromatic rings. The number of hydrogen-bond acceptors (Lipinski definition) is 2. The summed E-state index contributed by atoms with van der Waals surface area (Å²) in [6.45, 7) is 6.05. The monoisotopic (exact) mass is 224 g/mol. The largest absolute Gasteiger partial charge is 0.370 e. The molecule has 0 radical (unpaired) electrons. The molecule has 2 nitrogen and oxygen atoms in total. The fourth-order valence-corrected chi connectivity index (χ4v) is 2.16. The summed E-state index contributed by atoms with van der Waals surface area (Å²) in [5.74, 6) is 0. The second-order valence-corrected chi connectivity index (χ2v) is 5.17. The van der Waals surface area contributed by atoms with Crippen molar-refractivity contribution in [2.45, 2.75) is 25.8 Å². The van der Waals surface area contributed by atoms with Gasteiger partial charge in [0, 0.05) is 29.3 Å². The lowest BCUT2D eigenvalue weighted by Crippen LogP contribution is -2.39. The van der Waals surface area contributed by atoms with Crippen molar-refractivity contribution >= 4 is 17.3 Å². The fraction of sp³-hybridized carbons (Fsp3) is 0.500. The van der Waals surface area contributed by atoms with E-state index < -0.39 is 0 Å². The lowest BCUT2D eigenvalue weighted by molar-refractivity contribution is 0.525. The molecule has 1 aliphatic heterocycles. The van der Waals surface area contributed by atoms with Crippen LogP contribution in [0.15, 0.2) is 18.2 Å². The highest BCUT2D eigenvalue weighted by Gasteiger charge is 2.29. The molecule has 0 aliphatic carbocycles. The van der Waals surface area contributed by atoms with Gasteiger partial charge < -0.3 is 10.6 Å². The molecule has 1 saturated heterocycles. The van der Waals surface area contributed by atoms with Gasteiger partial charge in [0.15, 0.2) is 0 Å². The molecule has 1 aromatic carbocycles. The van der Waals surface area contributed by atoms with Gasteiger partial charge in [0.25, 0.3) is 0 Å². The lowest BCUT2D eigenvalue weighted by atomic mass is 10.0. The Morgan fingerprint density at radius 1 is 1.47 bits per heavy atom. The van der Waals surface area contributed by atoms with Gasteiger partial charge in [-0.15, -0.1) is 0 Å². The van der Waals surface area contributed by atoms with Crippen LogP contribution in [-0.2, 0) is 0 Å². The molecular formula is C12H17ClN2. The Morgan fingerprint density at radius 2 is 2.20 bits per heavy atom. The third-order valence-corrected chi connectivity index (χ3v) is 3.43. The van der Waals surface area contributed by atoms with E-state index in [0.29, 0.717) is 0 Å². The first-order valence-corrected chi connectivity index (χ1v) is 5.66. The van der Waals surface area contributed by atoms with E-state index in [1.165, 1.54) is 5.69 Å². The van der Waals surface area contributed by atoms with E-state index in [-0.39, 0.29) is 5.54 Å². The number of aryl methyl sites for hydroxylation is 1. The van der Waals surface area contributed by atoms with Crippen LogP contribution in [0.3, 0.4) is 0 Å². The summed E-state index contributed by atoms with van der Waals surface area (Å²) < 4.78 is 0. The van der Waals surface area contributed by atoms with Crippen molar-refractivity contribution in [3.63, 3.8) is 0 Å². The van der Waals surface area contributed by atoms with Crippen molar-refractivity contribution in [2.75, 3.05) is 18.0 Å². The van der Waals surface area contributed by atoms with Gasteiger partial charge in [-0.25, -0.2) is 0 Å². The maximum absolute atomic E-state index is 6.11. The zero-order chi connectivity index (χ0) is 11.1. The van der Waals surface area contributed by atoms with Crippen molar-refractivity contribution in [1.29, 1.82) is 0 Å². The Bertz CT molecular complexity index is 374. The molecule has 1 heterocycles. The van der Waals surface area contributed by atoms with Gasteiger partial charge >= 0.3 is 0 Å². The number of anilines is 1. The number of hydrogen-bond donors (Lipinski definition) is 1. The Morgan fingerprint density at radius 3 is 2.73 bits per heavy atom. The summed E-state index contributed by atoms with van der Waals surface area (Å²) in [6.07, 6.45) is 1.04. The summed E-state index contributed by atoms with van der Waals surface area (Å²) in [4.78, 5) is 2.30. The van der Waals surface area contributed by atoms with Crippen LogP contribution in [0.25, 0.3) is 0 Å². The van der Waals surface area contributed by atoms with Gasteiger partial charge in [-0.05, 0) is 38.0 Å². The molecule has 82 valence electrons. The fourth-order valence-electron chi connectivity index (χ4n) is 1.98. The first-order valence-electron chi connectivity index (χ1n) is 5.28. The predicted octanol–water partition coefficient (Wildman–Crippen LogP) is 2.58. The molecule has 0 bridgehead atoms. The van der Waals surface area contributed by atoms with Crippen LogP contribution < -0.4 is 10.6 Å². The van der Waals surface area contributed by atoms with Crippen LogP contribution in [0.4, 0.5) is 5.69 Å². The second-order valence-electron chi connectivity index (χ2n) is 4.76. The minimum atomic E-state index is -0.0582. The first kappa shape index (κ1) is 10.8. The van der Waals surface area contributed by atoms with Crippen LogP contribution in [0.5, 0.6) is 0 Å². The summed E-state index contributed by atoms with van der Waals surface area (Å²) in [6, 6.07) is 6.20. The molecule has 1 aliphatic rings. The number of halogens is 1. The molecule has 1 fully saturated rings. The Balaban J connectivity index is 2.21. The molecule has 2 rings (SSSR count). The Kier molecular flexibility index (Phi) is 2.65. The van der Waals surface area contributed by atoms with Crippen molar-refractivity contribution in [2.24, 2.45) is 5.73 Å². The van der Waals surface area contributed by atoms with Gasteiger partial charge in [0.2, 0.25) is 0 Å². The average molecular weight is 225 g/mol. The molecule has 0 aromatic heterocycles. The molecule has 15 heavy (non-hydrogen) atoms. The van der Waals surface area contributed by atoms with E-state index in [4.69, 9.17) is 17.3 Å². The molecule has 1 unspecified atom stereocenters. The molecule has 1 atom stereocenters. The first-order chi connectivity index (χ1) is 6.98. The topological polar surface area (TPSA) is 29.3 Å². The van der Waals surface area contributed by atoms with Crippen LogP contribution in [0.1, 0.15) is 18.9 Å². The van der Waals surface area contributed by atoms with Gasteiger partial charge in [0.05, 0.1) is 0 Å². The maximum Gasteiger partial charge on any atom is 0.0455 e. The number of nitrogens with two attached hydrogens (primary N) is 1. The predicted molar refractivity (Wildman–Crippen MR) is 65.6 cm³/mol. The summed E-state index contributed by atoms with van der Waals surface area (Å²) in [7, 11) is 0. The lowest BCUT2D eigenvalue weighted by Gasteiger charge is -2.22. The van der Waals surface area contributed by atoms with E-state index in [0.717, 1.165) is 30.1 Å². The second kappa shape index (κ2) is 3.69. The average Bonchev–Trinajstić information content (AvgIpc) is 2.51. The van der Waals surface area contributed by atoms with Gasteiger partial charge in [-0.2, -0.15) is 0 Å². The molecule has 0 spiro atoms. The molecular weight excluding hydrogens is 208 g/mol. The minimum Gasteiger partial charge on any atom is -0.370 e. The smallest absolute Gasteiger partial charge is 0.0455 e. The highest BCUT2D eigenvalue weighted by Crippen LogP contribution is 2.28. The van der Waals surface area contributed by atoms with Gasteiger partial charge in [-0.1, -0.05) is 17.7 Å². The SMILES string of the molecule is Cc1ccc(N2CCC(C)(N)C2)cc1Cl. The van der Waals surface area contributed by atoms with Crippen molar-refractivity contribution in [3.8, 4) is 0 Å². The van der Waals surface area contributed by atoms with Crippen LogP contribution in [-0.4, -0.2) is 18.6 Å². The number of benzene rings is 1. The van der Waals surface area contributed by atoms with Crippen molar-refractivity contribution < 1.29 is 0 Å². The molecule has 0 amide bonds. The van der Waals surface area contributed by atoms with E-state index in [1.54, 1.807) is 0 Å². The van der Waals surface area contributed by atoms with E-state index in [1.807, 2.05) is 13.0 Å². The Hall–Kier alpha value is -0.730. The van der Waals surface area contributed by atoms with Crippen molar-refractivity contribution in [3.05, 3.63) is 28.8 Å². The third kappa shape index (κ3) is 2.27. The van der Waals surface area contributed by atoms with Crippen LogP contribution in [0, 0.1) is 6.92 Å². The standard InChI is InChI=1S/C12H17ClN2/c1-9-3-4-10(7-11(9)13)15-6-5-12(2,14)8-15/h3-4,7H,5-6,8,14H2,1-2H3. The maximum atomic E-state index is 6.11. The molecule has 2 N–H and O–H groups in total. The van der Waals surface area contributed by atoms with Gasteiger partial charge in [-0.3, -0.25) is 0 Å². The molecule has 3 heteroatoms. The third-order valence-electron chi connectivity index (χ3n) is 3.03. The highest BCUT2D eigenvalue weighted by atomic mass is 35.5. The normalized spacial score (nSPS) is 26.0. The summed E-state index contributed by atoms with van der Waals surface area (Å²) >= 11 is 6.11. The van der Waals surface area contributed by atoms with E-state index in [9.17, 15) is 0 Å². The van der Waals surface area contributed by atoms with Crippen LogP contribution >= 0.6 is 11.6 Å². The zero-order valence-corrected chi connectivity index (χ0v) is 10.0. The summed E-state index contributed by atoms with van der Waals surface area (Å²) in [5.41, 5.74) is 8.34. The highest BCUT2D eigenvalue weighted by molar-refractivity contribution is 6.31. The number of nitrogens with zero attached hydrogens (tertiary/aromatic N) is 1. The number of rotatable bonds is 1. The zero-order valence-electron chi connectivity index (χ0n) is 9.26. The molecule has 0 saturated carbocycles. The minimum absolute atomic E-state index is 0.0582. The van der Waals surface area contributed by atoms with Crippen molar-refractivity contribution in [1.82, 2.24) is 0 Å².